The molecule has 142 valence electrons. The summed E-state index contributed by atoms with van der Waals surface area (Å²) < 4.78 is 6.23. The van der Waals surface area contributed by atoms with E-state index in [0.29, 0.717) is 24.7 Å². The summed E-state index contributed by atoms with van der Waals surface area (Å²) in [5.74, 6) is 0.366. The molecule has 3 N–H and O–H groups in total. The Bertz CT molecular complexity index is 825. The van der Waals surface area contributed by atoms with Gasteiger partial charge in [0.15, 0.2) is 6.61 Å². The minimum absolute atomic E-state index is 0.185. The van der Waals surface area contributed by atoms with E-state index in [2.05, 4.69) is 4.98 Å². The summed E-state index contributed by atoms with van der Waals surface area (Å²) in [6.45, 7) is 1.58. The fourth-order valence-corrected chi connectivity index (χ4v) is 4.42. The lowest BCUT2D eigenvalue weighted by molar-refractivity contribution is -0.144. The summed E-state index contributed by atoms with van der Waals surface area (Å²) in [6, 6.07) is 0. The fraction of sp³-hybridized carbons (Fsp3) is 0.667. The second-order valence-corrected chi connectivity index (χ2v) is 7.39. The molecule has 2 saturated carbocycles. The SMILES string of the molecule is CCCn1c(N)c(C(=O)COC(=O)C[C@H]2C[C@@H]3CC[C@@H]2C3)c(=O)[nH]c1=O. The van der Waals surface area contributed by atoms with Gasteiger partial charge in [-0.1, -0.05) is 13.3 Å². The summed E-state index contributed by atoms with van der Waals surface area (Å²) in [5, 5.41) is 0. The van der Waals surface area contributed by atoms with Gasteiger partial charge in [-0.25, -0.2) is 4.79 Å². The Hall–Kier alpha value is -2.38. The smallest absolute Gasteiger partial charge is 0.329 e. The van der Waals surface area contributed by atoms with Crippen molar-refractivity contribution < 1.29 is 14.3 Å². The molecule has 2 fully saturated rings. The number of nitrogen functional groups attached to an aromatic ring is 1. The molecule has 2 aliphatic carbocycles. The second kappa shape index (κ2) is 7.47. The van der Waals surface area contributed by atoms with Crippen LogP contribution in [-0.2, 0) is 16.1 Å². The first-order valence-corrected chi connectivity index (χ1v) is 9.22. The maximum absolute atomic E-state index is 12.3. The number of fused-ring (bicyclic) bond motifs is 2. The van der Waals surface area contributed by atoms with Crippen LogP contribution in [-0.4, -0.2) is 27.9 Å². The van der Waals surface area contributed by atoms with Gasteiger partial charge >= 0.3 is 11.7 Å². The molecule has 0 aromatic carbocycles. The first kappa shape index (κ1) is 18.4. The number of ether oxygens (including phenoxy) is 1. The van der Waals surface area contributed by atoms with Crippen LogP contribution in [0.3, 0.4) is 0 Å². The van der Waals surface area contributed by atoms with Crippen LogP contribution in [0.5, 0.6) is 0 Å². The number of carbonyl (C=O) groups is 2. The van der Waals surface area contributed by atoms with E-state index in [1.54, 1.807) is 0 Å². The zero-order chi connectivity index (χ0) is 18.8. The number of nitrogens with one attached hydrogen (secondary N) is 1. The molecule has 3 atom stereocenters. The number of hydrogen-bond donors (Lipinski definition) is 2. The van der Waals surface area contributed by atoms with Crippen LogP contribution in [0.25, 0.3) is 0 Å². The van der Waals surface area contributed by atoms with Gasteiger partial charge in [-0.3, -0.25) is 23.9 Å². The van der Waals surface area contributed by atoms with Crippen LogP contribution >= 0.6 is 0 Å². The summed E-state index contributed by atoms with van der Waals surface area (Å²) in [7, 11) is 0. The number of Topliss-reactive ketones (excluding diaryl/α,β-unsaturated/α-hetero) is 1. The number of esters is 1. The maximum Gasteiger partial charge on any atom is 0.329 e. The Balaban J connectivity index is 1.63. The number of nitrogens with zero attached hydrogens (tertiary/aromatic N) is 1. The van der Waals surface area contributed by atoms with E-state index in [1.165, 1.54) is 19.3 Å². The molecule has 0 spiro atoms. The maximum atomic E-state index is 12.3. The predicted octanol–water partition coefficient (Wildman–Crippen LogP) is 1.08. The Labute approximate surface area is 150 Å². The van der Waals surface area contributed by atoms with Crippen LogP contribution in [0.2, 0.25) is 0 Å². The standard InChI is InChI=1S/C18H25N3O5/c1-2-5-21-16(19)15(17(24)20-18(21)25)13(22)9-26-14(23)8-12-7-10-3-4-11(12)6-10/h10-12H,2-9,19H2,1H3,(H,20,24,25)/t10-,11-,12-/m1/s1. The molecule has 1 aromatic heterocycles. The number of H-pyrrole nitrogens is 1. The van der Waals surface area contributed by atoms with Crippen molar-refractivity contribution in [2.45, 2.75) is 52.0 Å². The van der Waals surface area contributed by atoms with Crippen LogP contribution < -0.4 is 17.0 Å². The molecule has 2 aliphatic rings. The lowest BCUT2D eigenvalue weighted by Crippen LogP contribution is -2.37. The second-order valence-electron chi connectivity index (χ2n) is 7.39. The third-order valence-corrected chi connectivity index (χ3v) is 5.64. The number of nitrogens with two attached hydrogens (primary N) is 1. The third-order valence-electron chi connectivity index (χ3n) is 5.64. The van der Waals surface area contributed by atoms with E-state index in [0.717, 1.165) is 16.9 Å². The summed E-state index contributed by atoms with van der Waals surface area (Å²) in [5.41, 5.74) is 4.00. The highest BCUT2D eigenvalue weighted by Gasteiger charge is 2.40. The van der Waals surface area contributed by atoms with Gasteiger partial charge in [0.2, 0.25) is 5.78 Å². The van der Waals surface area contributed by atoms with Crippen LogP contribution in [0.4, 0.5) is 5.82 Å². The minimum atomic E-state index is -0.853. The van der Waals surface area contributed by atoms with Crippen molar-refractivity contribution in [3.63, 3.8) is 0 Å². The molecule has 8 nitrogen and oxygen atoms in total. The number of hydrogen-bond acceptors (Lipinski definition) is 6. The van der Waals surface area contributed by atoms with Crippen molar-refractivity contribution in [2.24, 2.45) is 17.8 Å². The zero-order valence-electron chi connectivity index (χ0n) is 15.0. The first-order chi connectivity index (χ1) is 12.4. The van der Waals surface area contributed by atoms with Crippen LogP contribution in [0.15, 0.2) is 9.59 Å². The molecule has 0 saturated heterocycles. The Kier molecular flexibility index (Phi) is 5.29. The first-order valence-electron chi connectivity index (χ1n) is 9.22. The molecule has 3 rings (SSSR count). The van der Waals surface area contributed by atoms with Gasteiger partial charge in [-0.2, -0.15) is 0 Å². The zero-order valence-corrected chi connectivity index (χ0v) is 15.0. The number of aromatic nitrogens is 2. The average molecular weight is 363 g/mol. The predicted molar refractivity (Wildman–Crippen MR) is 94.9 cm³/mol. The normalized spacial score (nSPS) is 24.0. The highest BCUT2D eigenvalue weighted by Crippen LogP contribution is 2.49. The van der Waals surface area contributed by atoms with Gasteiger partial charge in [0.25, 0.3) is 5.56 Å². The van der Waals surface area contributed by atoms with Crippen molar-refractivity contribution in [3.05, 3.63) is 26.4 Å². The van der Waals surface area contributed by atoms with E-state index < -0.39 is 29.6 Å². The highest BCUT2D eigenvalue weighted by molar-refractivity contribution is 6.01. The highest BCUT2D eigenvalue weighted by atomic mass is 16.5. The number of anilines is 1. The Morgan fingerprint density at radius 2 is 2.04 bits per heavy atom. The lowest BCUT2D eigenvalue weighted by Gasteiger charge is -2.20. The van der Waals surface area contributed by atoms with Gasteiger partial charge in [0.1, 0.15) is 11.4 Å². The molecule has 1 aromatic rings. The largest absolute Gasteiger partial charge is 0.457 e. The van der Waals surface area contributed by atoms with E-state index in [4.69, 9.17) is 10.5 Å². The van der Waals surface area contributed by atoms with Crippen molar-refractivity contribution in [3.8, 4) is 0 Å². The average Bonchev–Trinajstić information content (AvgIpc) is 3.19. The van der Waals surface area contributed by atoms with E-state index in [9.17, 15) is 19.2 Å². The number of aromatic amines is 1. The van der Waals surface area contributed by atoms with E-state index in [-0.39, 0.29) is 17.9 Å². The summed E-state index contributed by atoms with van der Waals surface area (Å²) in [6.07, 6.45) is 5.61. The van der Waals surface area contributed by atoms with E-state index >= 15 is 0 Å². The number of rotatable bonds is 7. The van der Waals surface area contributed by atoms with E-state index in [1.807, 2.05) is 6.92 Å². The molecule has 0 amide bonds. The molecular weight excluding hydrogens is 338 g/mol. The third kappa shape index (κ3) is 3.59. The number of ketones is 1. The molecule has 0 unspecified atom stereocenters. The van der Waals surface area contributed by atoms with Crippen molar-refractivity contribution in [1.29, 1.82) is 0 Å². The van der Waals surface area contributed by atoms with Crippen molar-refractivity contribution in [1.82, 2.24) is 9.55 Å². The molecular formula is C18H25N3O5. The van der Waals surface area contributed by atoms with Gasteiger partial charge in [-0.05, 0) is 43.4 Å². The minimum Gasteiger partial charge on any atom is -0.457 e. The van der Waals surface area contributed by atoms with Gasteiger partial charge < -0.3 is 10.5 Å². The topological polar surface area (TPSA) is 124 Å². The summed E-state index contributed by atoms with van der Waals surface area (Å²) in [4.78, 5) is 50.2. The monoisotopic (exact) mass is 363 g/mol. The fourth-order valence-electron chi connectivity index (χ4n) is 4.42. The molecule has 0 radical (unpaired) electrons. The van der Waals surface area contributed by atoms with Gasteiger partial charge in [-0.15, -0.1) is 0 Å². The number of carbonyl (C=O) groups excluding carboxylic acids is 2. The Morgan fingerprint density at radius 3 is 2.65 bits per heavy atom. The van der Waals surface area contributed by atoms with Crippen LogP contribution in [0.1, 0.15) is 55.8 Å². The lowest BCUT2D eigenvalue weighted by atomic mass is 9.86. The molecule has 26 heavy (non-hydrogen) atoms. The summed E-state index contributed by atoms with van der Waals surface area (Å²) >= 11 is 0. The van der Waals surface area contributed by atoms with Crippen LogP contribution in [0, 0.1) is 17.8 Å². The van der Waals surface area contributed by atoms with Gasteiger partial charge in [0.05, 0.1) is 0 Å². The quantitative estimate of drug-likeness (QED) is 0.552. The van der Waals surface area contributed by atoms with Gasteiger partial charge in [0, 0.05) is 13.0 Å². The molecule has 0 aliphatic heterocycles. The molecule has 2 bridgehead atoms. The molecule has 1 heterocycles. The molecule has 8 heteroatoms. The Morgan fingerprint density at radius 1 is 1.27 bits per heavy atom. The van der Waals surface area contributed by atoms with Crippen molar-refractivity contribution >= 4 is 17.6 Å². The van der Waals surface area contributed by atoms with Crippen molar-refractivity contribution in [2.75, 3.05) is 12.3 Å².